The Hall–Kier alpha value is -1.36. The lowest BCUT2D eigenvalue weighted by molar-refractivity contribution is -0.131. The molecule has 1 aromatic carbocycles. The normalized spacial score (nSPS) is 19.8. The molecule has 0 radical (unpaired) electrons. The lowest BCUT2D eigenvalue weighted by Crippen LogP contribution is -2.60. The summed E-state index contributed by atoms with van der Waals surface area (Å²) in [6.07, 6.45) is 0. The number of nitrogens with one attached hydrogen (secondary N) is 1. The highest BCUT2D eigenvalue weighted by molar-refractivity contribution is 9.10. The van der Waals surface area contributed by atoms with Gasteiger partial charge in [-0.15, -0.1) is 0 Å². The van der Waals surface area contributed by atoms with Crippen molar-refractivity contribution in [3.05, 3.63) is 28.2 Å². The van der Waals surface area contributed by atoms with Crippen LogP contribution in [0.4, 0.5) is 5.69 Å². The molecule has 2 amide bonds. The summed E-state index contributed by atoms with van der Waals surface area (Å²) in [4.78, 5) is 25.8. The van der Waals surface area contributed by atoms with Gasteiger partial charge in [0, 0.05) is 10.2 Å². The molecule has 1 heterocycles. The van der Waals surface area contributed by atoms with Gasteiger partial charge in [-0.2, -0.15) is 0 Å². The minimum absolute atomic E-state index is 0.0596. The van der Waals surface area contributed by atoms with Gasteiger partial charge < -0.3 is 5.32 Å². The average Bonchev–Trinajstić information content (AvgIpc) is 2.35. The smallest absolute Gasteiger partial charge is 0.247 e. The SMILES string of the molecule is Cc1ccc(N2C(=O)CNC(=O)C2C(C)C)cc1Br. The number of piperazine rings is 1. The van der Waals surface area contributed by atoms with E-state index in [1.54, 1.807) is 4.90 Å². The molecule has 1 fully saturated rings. The molecule has 0 spiro atoms. The molecular formula is C14H17BrN2O2. The van der Waals surface area contributed by atoms with Crippen LogP contribution in [0.25, 0.3) is 0 Å². The van der Waals surface area contributed by atoms with E-state index in [0.717, 1.165) is 15.7 Å². The molecule has 1 aliphatic heterocycles. The average molecular weight is 325 g/mol. The first kappa shape index (κ1) is 14.1. The molecule has 1 unspecified atom stereocenters. The van der Waals surface area contributed by atoms with Crippen LogP contribution in [-0.2, 0) is 9.59 Å². The highest BCUT2D eigenvalue weighted by Gasteiger charge is 2.37. The lowest BCUT2D eigenvalue weighted by Gasteiger charge is -2.37. The maximum atomic E-state index is 12.1. The van der Waals surface area contributed by atoms with E-state index >= 15 is 0 Å². The minimum atomic E-state index is -0.448. The van der Waals surface area contributed by atoms with Crippen molar-refractivity contribution < 1.29 is 9.59 Å². The predicted octanol–water partition coefficient (Wildman–Crippen LogP) is 2.24. The van der Waals surface area contributed by atoms with Crippen LogP contribution in [0, 0.1) is 12.8 Å². The van der Waals surface area contributed by atoms with E-state index in [1.165, 1.54) is 0 Å². The molecule has 102 valence electrons. The highest BCUT2D eigenvalue weighted by Crippen LogP contribution is 2.28. The number of carbonyl (C=O) groups is 2. The number of aryl methyl sites for hydroxylation is 1. The van der Waals surface area contributed by atoms with E-state index in [2.05, 4.69) is 21.2 Å². The fourth-order valence-electron chi connectivity index (χ4n) is 2.26. The van der Waals surface area contributed by atoms with Crippen molar-refractivity contribution in [3.63, 3.8) is 0 Å². The number of nitrogens with zero attached hydrogens (tertiary/aromatic N) is 1. The summed E-state index contributed by atoms with van der Waals surface area (Å²) in [6, 6.07) is 5.26. The second-order valence-corrected chi connectivity index (χ2v) is 5.96. The third-order valence-corrected chi connectivity index (χ3v) is 4.15. The maximum absolute atomic E-state index is 12.1. The Balaban J connectivity index is 2.45. The van der Waals surface area contributed by atoms with E-state index < -0.39 is 6.04 Å². The van der Waals surface area contributed by atoms with Gasteiger partial charge in [0.2, 0.25) is 11.8 Å². The molecule has 0 bridgehead atoms. The van der Waals surface area contributed by atoms with Crippen molar-refractivity contribution in [2.24, 2.45) is 5.92 Å². The number of hydrogen-bond acceptors (Lipinski definition) is 2. The van der Waals surface area contributed by atoms with Crippen molar-refractivity contribution in [1.82, 2.24) is 5.32 Å². The van der Waals surface area contributed by atoms with Crippen LogP contribution >= 0.6 is 15.9 Å². The third-order valence-electron chi connectivity index (χ3n) is 3.29. The van der Waals surface area contributed by atoms with E-state index in [4.69, 9.17) is 0 Å². The summed E-state index contributed by atoms with van der Waals surface area (Å²) in [6.45, 7) is 5.93. The minimum Gasteiger partial charge on any atom is -0.345 e. The number of benzene rings is 1. The Bertz CT molecular complexity index is 528. The van der Waals surface area contributed by atoms with Crippen molar-refractivity contribution in [2.75, 3.05) is 11.4 Å². The number of carbonyl (C=O) groups excluding carboxylic acids is 2. The molecule has 2 rings (SSSR count). The van der Waals surface area contributed by atoms with Crippen molar-refractivity contribution in [3.8, 4) is 0 Å². The zero-order valence-corrected chi connectivity index (χ0v) is 12.8. The summed E-state index contributed by atoms with van der Waals surface area (Å²) in [7, 11) is 0. The van der Waals surface area contributed by atoms with Gasteiger partial charge in [0.15, 0.2) is 0 Å². The summed E-state index contributed by atoms with van der Waals surface area (Å²) >= 11 is 3.47. The Morgan fingerprint density at radius 2 is 2.05 bits per heavy atom. The lowest BCUT2D eigenvalue weighted by atomic mass is 9.98. The first-order valence-corrected chi connectivity index (χ1v) is 7.07. The fraction of sp³-hybridized carbons (Fsp3) is 0.429. The van der Waals surface area contributed by atoms with Gasteiger partial charge in [0.1, 0.15) is 6.04 Å². The first-order chi connectivity index (χ1) is 8.91. The van der Waals surface area contributed by atoms with Crippen LogP contribution in [0.5, 0.6) is 0 Å². The van der Waals surface area contributed by atoms with Crippen LogP contribution in [0.2, 0.25) is 0 Å². The molecule has 0 aliphatic carbocycles. The topological polar surface area (TPSA) is 49.4 Å². The molecule has 1 N–H and O–H groups in total. The molecule has 1 aromatic rings. The predicted molar refractivity (Wildman–Crippen MR) is 78.0 cm³/mol. The number of amides is 2. The van der Waals surface area contributed by atoms with Gasteiger partial charge in [0.25, 0.3) is 0 Å². The standard InChI is InChI=1S/C14H17BrN2O2/c1-8(2)13-14(19)16-7-12(18)17(13)10-5-4-9(3)11(15)6-10/h4-6,8,13H,7H2,1-3H3,(H,16,19). The highest BCUT2D eigenvalue weighted by atomic mass is 79.9. The van der Waals surface area contributed by atoms with Crippen molar-refractivity contribution >= 4 is 33.4 Å². The van der Waals surface area contributed by atoms with E-state index in [0.29, 0.717) is 0 Å². The van der Waals surface area contributed by atoms with Crippen molar-refractivity contribution in [2.45, 2.75) is 26.8 Å². The Labute approximate surface area is 121 Å². The van der Waals surface area contributed by atoms with Gasteiger partial charge in [-0.25, -0.2) is 0 Å². The molecule has 0 aromatic heterocycles. The zero-order chi connectivity index (χ0) is 14.2. The second kappa shape index (κ2) is 5.33. The molecule has 4 nitrogen and oxygen atoms in total. The molecule has 19 heavy (non-hydrogen) atoms. The van der Waals surface area contributed by atoms with E-state index in [-0.39, 0.29) is 24.3 Å². The third kappa shape index (κ3) is 2.66. The number of halogens is 1. The Morgan fingerprint density at radius 1 is 1.37 bits per heavy atom. The largest absolute Gasteiger partial charge is 0.345 e. The second-order valence-electron chi connectivity index (χ2n) is 5.10. The molecular weight excluding hydrogens is 308 g/mol. The molecule has 1 saturated heterocycles. The fourth-order valence-corrected chi connectivity index (χ4v) is 2.63. The molecule has 1 atom stereocenters. The quantitative estimate of drug-likeness (QED) is 0.907. The van der Waals surface area contributed by atoms with E-state index in [9.17, 15) is 9.59 Å². The van der Waals surface area contributed by atoms with Gasteiger partial charge in [-0.05, 0) is 30.5 Å². The van der Waals surface area contributed by atoms with E-state index in [1.807, 2.05) is 39.0 Å². The van der Waals surface area contributed by atoms with Gasteiger partial charge in [0.05, 0.1) is 6.54 Å². The monoisotopic (exact) mass is 324 g/mol. The summed E-state index contributed by atoms with van der Waals surface area (Å²) < 4.78 is 0.936. The molecule has 5 heteroatoms. The summed E-state index contributed by atoms with van der Waals surface area (Å²) in [5.74, 6) is -0.107. The van der Waals surface area contributed by atoms with Gasteiger partial charge in [-0.3, -0.25) is 14.5 Å². The van der Waals surface area contributed by atoms with Crippen LogP contribution in [-0.4, -0.2) is 24.4 Å². The summed E-state index contributed by atoms with van der Waals surface area (Å²) in [5, 5.41) is 2.65. The van der Waals surface area contributed by atoms with Crippen molar-refractivity contribution in [1.29, 1.82) is 0 Å². The van der Waals surface area contributed by atoms with Crippen LogP contribution in [0.3, 0.4) is 0 Å². The number of anilines is 1. The zero-order valence-electron chi connectivity index (χ0n) is 11.2. The van der Waals surface area contributed by atoms with Crippen LogP contribution in [0.1, 0.15) is 19.4 Å². The van der Waals surface area contributed by atoms with Gasteiger partial charge >= 0.3 is 0 Å². The first-order valence-electron chi connectivity index (χ1n) is 6.27. The number of rotatable bonds is 2. The van der Waals surface area contributed by atoms with Crippen LogP contribution < -0.4 is 10.2 Å². The Morgan fingerprint density at radius 3 is 2.63 bits per heavy atom. The number of hydrogen-bond donors (Lipinski definition) is 1. The Kier molecular flexibility index (Phi) is 3.94. The van der Waals surface area contributed by atoms with Gasteiger partial charge in [-0.1, -0.05) is 35.8 Å². The van der Waals surface area contributed by atoms with Crippen LogP contribution in [0.15, 0.2) is 22.7 Å². The molecule has 1 aliphatic rings. The summed E-state index contributed by atoms with van der Waals surface area (Å²) in [5.41, 5.74) is 1.86. The maximum Gasteiger partial charge on any atom is 0.247 e. The molecule has 0 saturated carbocycles.